The van der Waals surface area contributed by atoms with Crippen LogP contribution in [0.15, 0.2) is 24.3 Å². The molecule has 0 atom stereocenters. The number of phenols is 1. The van der Waals surface area contributed by atoms with Crippen molar-refractivity contribution in [2.75, 3.05) is 0 Å². The van der Waals surface area contributed by atoms with Crippen LogP contribution in [0.5, 0.6) is 5.75 Å². The summed E-state index contributed by atoms with van der Waals surface area (Å²) in [6.45, 7) is 0. The van der Waals surface area contributed by atoms with Gasteiger partial charge in [0.05, 0.1) is 8.41 Å². The van der Waals surface area contributed by atoms with E-state index >= 15 is 0 Å². The number of phenolic OH excluding ortho intramolecular Hbond substituents is 1. The lowest BCUT2D eigenvalue weighted by Crippen LogP contribution is -1.70. The van der Waals surface area contributed by atoms with Crippen molar-refractivity contribution in [3.8, 4) is 5.75 Å². The number of halogens is 1. The first-order chi connectivity index (χ1) is 3.80. The summed E-state index contributed by atoms with van der Waals surface area (Å²) in [4.78, 5) is 0. The summed E-state index contributed by atoms with van der Waals surface area (Å²) in [5.41, 5.74) is 0. The second kappa shape index (κ2) is 3.12. The third kappa shape index (κ3) is 1.76. The fourth-order valence-corrected chi connectivity index (χ4v) is 0.452. The number of benzene rings is 1. The van der Waals surface area contributed by atoms with Crippen molar-refractivity contribution in [3.05, 3.63) is 30.1 Å². The Morgan fingerprint density at radius 3 is 2.11 bits per heavy atom. The molecule has 1 aromatic rings. The Labute approximate surface area is 54.7 Å². The minimum absolute atomic E-state index is 0. The first-order valence-electron chi connectivity index (χ1n) is 2.24. The Morgan fingerprint density at radius 2 is 1.78 bits per heavy atom. The number of hydrogen-bond donors (Lipinski definition) is 1. The van der Waals surface area contributed by atoms with Gasteiger partial charge in [0.15, 0.2) is 11.6 Å². The van der Waals surface area contributed by atoms with Gasteiger partial charge in [0.2, 0.25) is 0 Å². The van der Waals surface area contributed by atoms with E-state index in [9.17, 15) is 4.39 Å². The fraction of sp³-hybridized carbons (Fsp3) is 0. The van der Waals surface area contributed by atoms with E-state index in [-0.39, 0.29) is 14.2 Å². The van der Waals surface area contributed by atoms with Gasteiger partial charge in [-0.1, -0.05) is 12.1 Å². The highest BCUT2D eigenvalue weighted by atomic mass is 19.1. The molecule has 9 heavy (non-hydrogen) atoms. The van der Waals surface area contributed by atoms with E-state index in [0.717, 1.165) is 0 Å². The first kappa shape index (κ1) is 8.01. The average Bonchev–Trinajstić information content (AvgIpc) is 1.77. The molecule has 0 heterocycles. The smallest absolute Gasteiger partial charge is 0.164 e. The molecule has 1 nitrogen and oxygen atoms in total. The predicted octanol–water partition coefficient (Wildman–Crippen LogP) is 0.347. The largest absolute Gasteiger partial charge is 0.505 e. The molecule has 0 spiro atoms. The van der Waals surface area contributed by atoms with E-state index in [1.165, 1.54) is 18.2 Å². The van der Waals surface area contributed by atoms with Gasteiger partial charge in [0.1, 0.15) is 0 Å². The van der Waals surface area contributed by atoms with Crippen LogP contribution in [-0.4, -0.2) is 13.5 Å². The van der Waals surface area contributed by atoms with Gasteiger partial charge in [0.25, 0.3) is 0 Å². The zero-order valence-corrected chi connectivity index (χ0v) is 4.13. The standard InChI is InChI=1S/C6H5FO.BH3/c7-5-3-1-2-4-6(5)8;/h1-4,8H;1H3. The maximum atomic E-state index is 12.1. The van der Waals surface area contributed by atoms with Crippen molar-refractivity contribution in [1.29, 1.82) is 0 Å². The van der Waals surface area contributed by atoms with Crippen LogP contribution in [0.25, 0.3) is 0 Å². The molecule has 0 saturated carbocycles. The van der Waals surface area contributed by atoms with Crippen LogP contribution in [-0.2, 0) is 0 Å². The molecular weight excluding hydrogens is 118 g/mol. The molecule has 0 aliphatic carbocycles. The van der Waals surface area contributed by atoms with Crippen LogP contribution in [0, 0.1) is 5.82 Å². The Balaban J connectivity index is 0.000000640. The van der Waals surface area contributed by atoms with Crippen LogP contribution in [0.1, 0.15) is 0 Å². The number of hydrogen-bond acceptors (Lipinski definition) is 1. The SMILES string of the molecule is B.Oc1ccccc1F. The van der Waals surface area contributed by atoms with Crippen LogP contribution >= 0.6 is 0 Å². The van der Waals surface area contributed by atoms with Crippen molar-refractivity contribution in [3.63, 3.8) is 0 Å². The minimum Gasteiger partial charge on any atom is -0.505 e. The monoisotopic (exact) mass is 126 g/mol. The molecule has 0 fully saturated rings. The summed E-state index contributed by atoms with van der Waals surface area (Å²) >= 11 is 0. The third-order valence-electron chi connectivity index (χ3n) is 0.852. The van der Waals surface area contributed by atoms with Gasteiger partial charge in [-0.2, -0.15) is 0 Å². The third-order valence-corrected chi connectivity index (χ3v) is 0.852. The topological polar surface area (TPSA) is 20.2 Å². The Morgan fingerprint density at radius 1 is 1.22 bits per heavy atom. The molecule has 3 heteroatoms. The van der Waals surface area contributed by atoms with Gasteiger partial charge in [-0.25, -0.2) is 4.39 Å². The summed E-state index contributed by atoms with van der Waals surface area (Å²) in [7, 11) is 0. The molecule has 0 saturated heterocycles. The molecular formula is C6H8BFO. The predicted molar refractivity (Wildman–Crippen MR) is 38.0 cm³/mol. The molecule has 48 valence electrons. The van der Waals surface area contributed by atoms with E-state index in [4.69, 9.17) is 5.11 Å². The minimum atomic E-state index is -0.576. The van der Waals surface area contributed by atoms with Crippen LogP contribution < -0.4 is 0 Å². The maximum Gasteiger partial charge on any atom is 0.164 e. The highest BCUT2D eigenvalue weighted by Gasteiger charge is 1.91. The molecule has 0 radical (unpaired) electrons. The lowest BCUT2D eigenvalue weighted by molar-refractivity contribution is 0.432. The fourth-order valence-electron chi connectivity index (χ4n) is 0.452. The molecule has 0 amide bonds. The summed E-state index contributed by atoms with van der Waals surface area (Å²) in [5.74, 6) is -0.875. The van der Waals surface area contributed by atoms with Gasteiger partial charge in [0, 0.05) is 0 Å². The van der Waals surface area contributed by atoms with Crippen molar-refractivity contribution in [1.82, 2.24) is 0 Å². The Bertz CT molecular complexity index is 169. The van der Waals surface area contributed by atoms with Crippen molar-refractivity contribution >= 4 is 8.41 Å². The number of para-hydroxylation sites is 1. The van der Waals surface area contributed by atoms with Crippen molar-refractivity contribution in [2.45, 2.75) is 0 Å². The highest BCUT2D eigenvalue weighted by molar-refractivity contribution is 5.75. The molecule has 1 rings (SSSR count). The van der Waals surface area contributed by atoms with Gasteiger partial charge in [-0.05, 0) is 12.1 Å². The quantitative estimate of drug-likeness (QED) is 0.497. The van der Waals surface area contributed by atoms with Crippen LogP contribution in [0.3, 0.4) is 0 Å². The molecule has 0 aromatic heterocycles. The normalized spacial score (nSPS) is 8.11. The lowest BCUT2D eigenvalue weighted by atomic mass is 10.3. The van der Waals surface area contributed by atoms with E-state index in [2.05, 4.69) is 0 Å². The van der Waals surface area contributed by atoms with E-state index in [1.807, 2.05) is 0 Å². The second-order valence-corrected chi connectivity index (χ2v) is 1.45. The number of aromatic hydroxyl groups is 1. The molecule has 0 aliphatic heterocycles. The van der Waals surface area contributed by atoms with E-state index < -0.39 is 5.82 Å². The van der Waals surface area contributed by atoms with Crippen LogP contribution in [0.2, 0.25) is 0 Å². The van der Waals surface area contributed by atoms with Crippen molar-refractivity contribution < 1.29 is 9.50 Å². The highest BCUT2D eigenvalue weighted by Crippen LogP contribution is 2.11. The van der Waals surface area contributed by atoms with Crippen molar-refractivity contribution in [2.24, 2.45) is 0 Å². The van der Waals surface area contributed by atoms with Crippen LogP contribution in [0.4, 0.5) is 4.39 Å². The second-order valence-electron chi connectivity index (χ2n) is 1.45. The molecule has 0 bridgehead atoms. The lowest BCUT2D eigenvalue weighted by Gasteiger charge is -1.88. The maximum absolute atomic E-state index is 12.1. The Kier molecular flexibility index (Phi) is 2.78. The zero-order valence-electron chi connectivity index (χ0n) is 4.13. The summed E-state index contributed by atoms with van der Waals surface area (Å²) in [6.07, 6.45) is 0. The summed E-state index contributed by atoms with van der Waals surface area (Å²) in [6, 6.07) is 5.60. The molecule has 0 unspecified atom stereocenters. The molecule has 1 N–H and O–H groups in total. The molecule has 0 aliphatic rings. The first-order valence-corrected chi connectivity index (χ1v) is 2.24. The summed E-state index contributed by atoms with van der Waals surface area (Å²) in [5, 5.41) is 8.54. The van der Waals surface area contributed by atoms with E-state index in [1.54, 1.807) is 6.07 Å². The van der Waals surface area contributed by atoms with Gasteiger partial charge < -0.3 is 5.11 Å². The average molecular weight is 126 g/mol. The summed E-state index contributed by atoms with van der Waals surface area (Å²) < 4.78 is 12.1. The van der Waals surface area contributed by atoms with Gasteiger partial charge >= 0.3 is 0 Å². The Hall–Kier alpha value is -0.985. The van der Waals surface area contributed by atoms with E-state index in [0.29, 0.717) is 0 Å². The van der Waals surface area contributed by atoms with Gasteiger partial charge in [-0.3, -0.25) is 0 Å². The number of rotatable bonds is 0. The zero-order chi connectivity index (χ0) is 5.98. The molecule has 1 aromatic carbocycles. The van der Waals surface area contributed by atoms with Gasteiger partial charge in [-0.15, -0.1) is 0 Å².